The normalized spacial score (nSPS) is 11.3. The van der Waals surface area contributed by atoms with Crippen molar-refractivity contribution in [2.75, 3.05) is 58.0 Å². The number of carbonyl (C=O) groups excluding carboxylic acids is 1. The first-order valence-electron chi connectivity index (χ1n) is 12.3. The van der Waals surface area contributed by atoms with Gasteiger partial charge < -0.3 is 25.2 Å². The SMILES string of the molecule is CN(C)CCN(C)CCCOc1ccc2cnc(Nc3cn(CC(=O)Nc4cccc(F)c4)nn3)nc2c1. The second-order valence-corrected chi connectivity index (χ2v) is 9.21. The predicted octanol–water partition coefficient (Wildman–Crippen LogP) is 3.00. The number of nitrogens with one attached hydrogen (secondary N) is 2. The Morgan fingerprint density at radius 3 is 2.79 bits per heavy atom. The van der Waals surface area contributed by atoms with Crippen molar-refractivity contribution in [2.45, 2.75) is 13.0 Å². The van der Waals surface area contributed by atoms with E-state index in [2.05, 4.69) is 61.9 Å². The first-order valence-corrected chi connectivity index (χ1v) is 12.3. The van der Waals surface area contributed by atoms with Crippen molar-refractivity contribution in [3.63, 3.8) is 0 Å². The van der Waals surface area contributed by atoms with Crippen LogP contribution in [-0.4, -0.2) is 88.1 Å². The van der Waals surface area contributed by atoms with Gasteiger partial charge in [0.25, 0.3) is 0 Å². The van der Waals surface area contributed by atoms with E-state index in [1.165, 1.54) is 22.9 Å². The number of ether oxygens (including phenoxy) is 1. The van der Waals surface area contributed by atoms with E-state index >= 15 is 0 Å². The summed E-state index contributed by atoms with van der Waals surface area (Å²) >= 11 is 0. The van der Waals surface area contributed by atoms with Crippen molar-refractivity contribution in [1.29, 1.82) is 0 Å². The zero-order valence-corrected chi connectivity index (χ0v) is 21.8. The summed E-state index contributed by atoms with van der Waals surface area (Å²) in [5.41, 5.74) is 1.10. The lowest BCUT2D eigenvalue weighted by Crippen LogP contribution is -2.29. The number of hydrogen-bond donors (Lipinski definition) is 2. The first kappa shape index (κ1) is 26.9. The van der Waals surface area contributed by atoms with Gasteiger partial charge in [0.2, 0.25) is 11.9 Å². The maximum atomic E-state index is 13.3. The molecule has 4 rings (SSSR count). The van der Waals surface area contributed by atoms with Gasteiger partial charge in [-0.15, -0.1) is 5.10 Å². The van der Waals surface area contributed by atoms with E-state index in [4.69, 9.17) is 4.74 Å². The number of carbonyl (C=O) groups is 1. The second-order valence-electron chi connectivity index (χ2n) is 9.21. The van der Waals surface area contributed by atoms with Crippen LogP contribution >= 0.6 is 0 Å². The fraction of sp³-hybridized carbons (Fsp3) is 0.346. The molecule has 0 spiro atoms. The Morgan fingerprint density at radius 2 is 1.97 bits per heavy atom. The van der Waals surface area contributed by atoms with E-state index in [0.717, 1.165) is 42.7 Å². The zero-order valence-electron chi connectivity index (χ0n) is 21.8. The Kier molecular flexibility index (Phi) is 9.11. The molecule has 2 heterocycles. The molecular formula is C26H32FN9O2. The monoisotopic (exact) mass is 521 g/mol. The van der Waals surface area contributed by atoms with Gasteiger partial charge in [-0.25, -0.2) is 19.0 Å². The van der Waals surface area contributed by atoms with Crippen LogP contribution in [0.15, 0.2) is 54.9 Å². The summed E-state index contributed by atoms with van der Waals surface area (Å²) in [5, 5.41) is 14.5. The highest BCUT2D eigenvalue weighted by atomic mass is 19.1. The summed E-state index contributed by atoms with van der Waals surface area (Å²) in [4.78, 5) is 25.6. The molecule has 2 aromatic carbocycles. The van der Waals surface area contributed by atoms with Gasteiger partial charge >= 0.3 is 0 Å². The minimum absolute atomic E-state index is 0.0874. The third-order valence-electron chi connectivity index (χ3n) is 5.63. The number of fused-ring (bicyclic) bond motifs is 1. The van der Waals surface area contributed by atoms with Gasteiger partial charge in [0, 0.05) is 43.0 Å². The second kappa shape index (κ2) is 12.9. The van der Waals surface area contributed by atoms with Crippen LogP contribution in [0.3, 0.4) is 0 Å². The molecule has 11 nitrogen and oxygen atoms in total. The summed E-state index contributed by atoms with van der Waals surface area (Å²) in [6, 6.07) is 11.4. The lowest BCUT2D eigenvalue weighted by atomic mass is 10.2. The summed E-state index contributed by atoms with van der Waals surface area (Å²) < 4.78 is 20.6. The number of hydrogen-bond acceptors (Lipinski definition) is 9. The Bertz CT molecular complexity index is 1360. The molecule has 0 fully saturated rings. The van der Waals surface area contributed by atoms with E-state index in [1.54, 1.807) is 18.5 Å². The largest absolute Gasteiger partial charge is 0.493 e. The Hall–Kier alpha value is -4.16. The van der Waals surface area contributed by atoms with Crippen LogP contribution in [0.2, 0.25) is 0 Å². The molecule has 12 heteroatoms. The Morgan fingerprint density at radius 1 is 1.11 bits per heavy atom. The summed E-state index contributed by atoms with van der Waals surface area (Å²) in [5.74, 6) is 0.681. The smallest absolute Gasteiger partial charge is 0.246 e. The van der Waals surface area contributed by atoms with Crippen LogP contribution in [0, 0.1) is 5.82 Å². The van der Waals surface area contributed by atoms with E-state index in [0.29, 0.717) is 24.1 Å². The lowest BCUT2D eigenvalue weighted by Gasteiger charge is -2.19. The minimum atomic E-state index is -0.428. The number of aromatic nitrogens is 5. The average Bonchev–Trinajstić information content (AvgIpc) is 3.31. The van der Waals surface area contributed by atoms with Crippen molar-refractivity contribution >= 4 is 34.3 Å². The molecule has 0 unspecified atom stereocenters. The molecule has 2 aromatic heterocycles. The molecule has 0 aliphatic heterocycles. The van der Waals surface area contributed by atoms with Crippen LogP contribution in [0.25, 0.3) is 10.9 Å². The number of benzene rings is 2. The van der Waals surface area contributed by atoms with E-state index in [1.807, 2.05) is 18.2 Å². The number of amides is 1. The average molecular weight is 522 g/mol. The maximum absolute atomic E-state index is 13.3. The molecule has 2 N–H and O–H groups in total. The van der Waals surface area contributed by atoms with E-state index in [-0.39, 0.29) is 12.5 Å². The van der Waals surface area contributed by atoms with Crippen molar-refractivity contribution in [3.8, 4) is 5.75 Å². The van der Waals surface area contributed by atoms with E-state index in [9.17, 15) is 9.18 Å². The highest BCUT2D eigenvalue weighted by Crippen LogP contribution is 2.21. The number of likely N-dealkylation sites (N-methyl/N-ethyl adjacent to an activating group) is 2. The van der Waals surface area contributed by atoms with Gasteiger partial charge in [0.1, 0.15) is 18.1 Å². The summed E-state index contributed by atoms with van der Waals surface area (Å²) in [6.07, 6.45) is 4.20. The van der Waals surface area contributed by atoms with Crippen molar-refractivity contribution in [2.24, 2.45) is 0 Å². The highest BCUT2D eigenvalue weighted by molar-refractivity contribution is 5.90. The molecule has 0 radical (unpaired) electrons. The molecule has 0 saturated carbocycles. The highest BCUT2D eigenvalue weighted by Gasteiger charge is 2.09. The van der Waals surface area contributed by atoms with Crippen LogP contribution < -0.4 is 15.4 Å². The number of nitrogens with zero attached hydrogens (tertiary/aromatic N) is 7. The quantitative estimate of drug-likeness (QED) is 0.256. The summed E-state index contributed by atoms with van der Waals surface area (Å²) in [7, 11) is 6.26. The molecule has 0 atom stereocenters. The maximum Gasteiger partial charge on any atom is 0.246 e. The topological polar surface area (TPSA) is 113 Å². The van der Waals surface area contributed by atoms with Gasteiger partial charge in [-0.1, -0.05) is 11.3 Å². The number of rotatable bonds is 13. The molecule has 200 valence electrons. The fourth-order valence-corrected chi connectivity index (χ4v) is 3.62. The van der Waals surface area contributed by atoms with Crippen LogP contribution in [-0.2, 0) is 11.3 Å². The third-order valence-corrected chi connectivity index (χ3v) is 5.63. The predicted molar refractivity (Wildman–Crippen MR) is 144 cm³/mol. The third kappa shape index (κ3) is 8.18. The molecule has 4 aromatic rings. The van der Waals surface area contributed by atoms with Gasteiger partial charge in [0.15, 0.2) is 5.82 Å². The molecule has 0 bridgehead atoms. The van der Waals surface area contributed by atoms with Crippen LogP contribution in [0.4, 0.5) is 21.8 Å². The van der Waals surface area contributed by atoms with Crippen molar-refractivity contribution in [3.05, 3.63) is 60.7 Å². The van der Waals surface area contributed by atoms with Crippen molar-refractivity contribution < 1.29 is 13.9 Å². The van der Waals surface area contributed by atoms with Gasteiger partial charge in [0.05, 0.1) is 18.3 Å². The van der Waals surface area contributed by atoms with Crippen molar-refractivity contribution in [1.82, 2.24) is 34.8 Å². The molecule has 0 saturated heterocycles. The van der Waals surface area contributed by atoms with Gasteiger partial charge in [-0.2, -0.15) is 0 Å². The van der Waals surface area contributed by atoms with Gasteiger partial charge in [-0.05, 0) is 57.9 Å². The fourth-order valence-electron chi connectivity index (χ4n) is 3.62. The summed E-state index contributed by atoms with van der Waals surface area (Å²) in [6.45, 7) is 3.54. The van der Waals surface area contributed by atoms with Gasteiger partial charge in [-0.3, -0.25) is 4.79 Å². The molecule has 0 aliphatic rings. The minimum Gasteiger partial charge on any atom is -0.493 e. The van der Waals surface area contributed by atoms with E-state index < -0.39 is 5.82 Å². The van der Waals surface area contributed by atoms with Crippen LogP contribution in [0.5, 0.6) is 5.75 Å². The first-order chi connectivity index (χ1) is 18.3. The van der Waals surface area contributed by atoms with Crippen LogP contribution in [0.1, 0.15) is 6.42 Å². The molecule has 1 amide bonds. The molecule has 38 heavy (non-hydrogen) atoms. The Balaban J connectivity index is 1.29. The lowest BCUT2D eigenvalue weighted by molar-refractivity contribution is -0.116. The number of halogens is 1. The molecule has 0 aliphatic carbocycles. The zero-order chi connectivity index (χ0) is 26.9. The number of anilines is 3. The Labute approximate surface area is 220 Å². The standard InChI is InChI=1S/C26H32FN9O2/c1-34(2)11-12-35(3)10-5-13-38-22-9-8-19-16-28-26(30-23(19)15-22)31-24-17-36(33-32-24)18-25(37)29-21-7-4-6-20(27)14-21/h4,6-9,14-17H,5,10-13,18H2,1-3H3,(H,29,37)(H,28,30,31). The molecular weight excluding hydrogens is 489 g/mol.